The number of benzene rings is 1. The number of halogens is 1. The van der Waals surface area contributed by atoms with E-state index in [9.17, 15) is 14.0 Å². The molecule has 2 amide bonds. The van der Waals surface area contributed by atoms with Gasteiger partial charge in [-0.1, -0.05) is 20.3 Å². The van der Waals surface area contributed by atoms with Crippen molar-refractivity contribution in [3.05, 3.63) is 35.6 Å². The molecule has 1 aromatic rings. The Morgan fingerprint density at radius 1 is 1.09 bits per heavy atom. The second-order valence-electron chi connectivity index (χ2n) is 5.81. The van der Waals surface area contributed by atoms with Gasteiger partial charge in [-0.15, -0.1) is 0 Å². The summed E-state index contributed by atoms with van der Waals surface area (Å²) >= 11 is 0. The molecule has 0 bridgehead atoms. The number of carbonyl (C=O) groups excluding carboxylic acids is 2. The van der Waals surface area contributed by atoms with Crippen molar-refractivity contribution < 1.29 is 14.0 Å². The molecule has 1 unspecified atom stereocenters. The summed E-state index contributed by atoms with van der Waals surface area (Å²) in [7, 11) is 0. The molecule has 0 aliphatic carbocycles. The molecule has 0 radical (unpaired) electrons. The van der Waals surface area contributed by atoms with Crippen molar-refractivity contribution in [2.45, 2.75) is 26.7 Å². The predicted molar refractivity (Wildman–Crippen MR) is 83.0 cm³/mol. The second kappa shape index (κ2) is 7.38. The van der Waals surface area contributed by atoms with Crippen LogP contribution in [0.15, 0.2) is 24.3 Å². The molecule has 1 heterocycles. The van der Waals surface area contributed by atoms with Gasteiger partial charge < -0.3 is 9.80 Å². The summed E-state index contributed by atoms with van der Waals surface area (Å²) in [5.41, 5.74) is 0.487. The van der Waals surface area contributed by atoms with Crippen LogP contribution in [0.5, 0.6) is 0 Å². The summed E-state index contributed by atoms with van der Waals surface area (Å²) in [5.74, 6) is -0.231. The Kier molecular flexibility index (Phi) is 5.52. The lowest BCUT2D eigenvalue weighted by Crippen LogP contribution is -2.51. The second-order valence-corrected chi connectivity index (χ2v) is 5.81. The van der Waals surface area contributed by atoms with Gasteiger partial charge in [0.1, 0.15) is 5.82 Å². The Morgan fingerprint density at radius 3 is 2.18 bits per heavy atom. The van der Waals surface area contributed by atoms with Crippen LogP contribution in [0.2, 0.25) is 0 Å². The molecule has 1 saturated heterocycles. The molecule has 1 aliphatic rings. The highest BCUT2D eigenvalue weighted by atomic mass is 19.1. The van der Waals surface area contributed by atoms with Crippen molar-refractivity contribution in [2.24, 2.45) is 5.92 Å². The van der Waals surface area contributed by atoms with E-state index in [1.807, 2.05) is 11.8 Å². The Hall–Kier alpha value is -1.91. The standard InChI is InChI=1S/C17H23FN2O2/c1-3-4-13(2)16(21)19-9-11-20(12-10-19)17(22)14-5-7-15(18)8-6-14/h5-8,13H,3-4,9-12H2,1-2H3. The average Bonchev–Trinajstić information content (AvgIpc) is 2.54. The van der Waals surface area contributed by atoms with Crippen LogP contribution in [0.25, 0.3) is 0 Å². The van der Waals surface area contributed by atoms with Crippen LogP contribution in [-0.2, 0) is 4.79 Å². The smallest absolute Gasteiger partial charge is 0.253 e. The SMILES string of the molecule is CCCC(C)C(=O)N1CCN(C(=O)c2ccc(F)cc2)CC1. The van der Waals surface area contributed by atoms with E-state index < -0.39 is 0 Å². The normalized spacial score (nSPS) is 16.5. The Morgan fingerprint density at radius 2 is 1.64 bits per heavy atom. The first kappa shape index (κ1) is 16.5. The van der Waals surface area contributed by atoms with E-state index in [-0.39, 0.29) is 23.5 Å². The molecule has 22 heavy (non-hydrogen) atoms. The number of nitrogens with zero attached hydrogens (tertiary/aromatic N) is 2. The van der Waals surface area contributed by atoms with Gasteiger partial charge in [-0.05, 0) is 30.7 Å². The molecule has 0 aromatic heterocycles. The van der Waals surface area contributed by atoms with E-state index in [1.165, 1.54) is 24.3 Å². The van der Waals surface area contributed by atoms with E-state index in [4.69, 9.17) is 0 Å². The van der Waals surface area contributed by atoms with Crippen molar-refractivity contribution in [2.75, 3.05) is 26.2 Å². The summed E-state index contributed by atoms with van der Waals surface area (Å²) < 4.78 is 12.9. The average molecular weight is 306 g/mol. The minimum absolute atomic E-state index is 0.0457. The molecule has 1 fully saturated rings. The quantitative estimate of drug-likeness (QED) is 0.858. The molecular weight excluding hydrogens is 283 g/mol. The summed E-state index contributed by atoms with van der Waals surface area (Å²) in [6.07, 6.45) is 1.89. The summed E-state index contributed by atoms with van der Waals surface area (Å²) in [6.45, 7) is 6.23. The summed E-state index contributed by atoms with van der Waals surface area (Å²) in [6, 6.07) is 5.58. The van der Waals surface area contributed by atoms with Crippen LogP contribution in [0.4, 0.5) is 4.39 Å². The molecule has 1 aliphatic heterocycles. The lowest BCUT2D eigenvalue weighted by molar-refractivity contribution is -0.136. The molecule has 1 atom stereocenters. The first-order valence-corrected chi connectivity index (χ1v) is 7.86. The predicted octanol–water partition coefficient (Wildman–Crippen LogP) is 2.55. The molecule has 0 saturated carbocycles. The van der Waals surface area contributed by atoms with E-state index in [0.29, 0.717) is 31.7 Å². The number of hydrogen-bond donors (Lipinski definition) is 0. The number of rotatable bonds is 4. The highest BCUT2D eigenvalue weighted by molar-refractivity contribution is 5.94. The topological polar surface area (TPSA) is 40.6 Å². The van der Waals surface area contributed by atoms with Crippen LogP contribution < -0.4 is 0 Å². The molecular formula is C17H23FN2O2. The number of amides is 2. The zero-order chi connectivity index (χ0) is 16.1. The molecule has 5 heteroatoms. The summed E-state index contributed by atoms with van der Waals surface area (Å²) in [4.78, 5) is 28.1. The van der Waals surface area contributed by atoms with Gasteiger partial charge in [-0.25, -0.2) is 4.39 Å². The Labute approximate surface area is 130 Å². The van der Waals surface area contributed by atoms with Gasteiger partial charge in [0.2, 0.25) is 5.91 Å². The van der Waals surface area contributed by atoms with Gasteiger partial charge in [0.25, 0.3) is 5.91 Å². The minimum atomic E-state index is -0.350. The number of carbonyl (C=O) groups is 2. The van der Waals surface area contributed by atoms with Gasteiger partial charge >= 0.3 is 0 Å². The monoisotopic (exact) mass is 306 g/mol. The minimum Gasteiger partial charge on any atom is -0.339 e. The number of piperazine rings is 1. The van der Waals surface area contributed by atoms with Crippen molar-refractivity contribution in [3.63, 3.8) is 0 Å². The van der Waals surface area contributed by atoms with Gasteiger partial charge in [0, 0.05) is 37.7 Å². The fourth-order valence-corrected chi connectivity index (χ4v) is 2.77. The van der Waals surface area contributed by atoms with Crippen molar-refractivity contribution in [1.29, 1.82) is 0 Å². The molecule has 0 N–H and O–H groups in total. The molecule has 1 aromatic carbocycles. The van der Waals surface area contributed by atoms with E-state index >= 15 is 0 Å². The zero-order valence-electron chi connectivity index (χ0n) is 13.2. The van der Waals surface area contributed by atoms with Crippen LogP contribution in [0.1, 0.15) is 37.0 Å². The zero-order valence-corrected chi connectivity index (χ0v) is 13.2. The Bertz CT molecular complexity index is 522. The first-order chi connectivity index (χ1) is 10.5. The number of hydrogen-bond acceptors (Lipinski definition) is 2. The maximum atomic E-state index is 12.9. The third kappa shape index (κ3) is 3.84. The Balaban J connectivity index is 1.90. The third-order valence-corrected chi connectivity index (χ3v) is 4.11. The highest BCUT2D eigenvalue weighted by Crippen LogP contribution is 2.14. The maximum Gasteiger partial charge on any atom is 0.253 e. The fraction of sp³-hybridized carbons (Fsp3) is 0.529. The lowest BCUT2D eigenvalue weighted by atomic mass is 10.0. The molecule has 4 nitrogen and oxygen atoms in total. The van der Waals surface area contributed by atoms with Crippen molar-refractivity contribution in [3.8, 4) is 0 Å². The first-order valence-electron chi connectivity index (χ1n) is 7.86. The largest absolute Gasteiger partial charge is 0.339 e. The van der Waals surface area contributed by atoms with Gasteiger partial charge in [-0.3, -0.25) is 9.59 Å². The lowest BCUT2D eigenvalue weighted by Gasteiger charge is -2.36. The van der Waals surface area contributed by atoms with E-state index in [0.717, 1.165) is 12.8 Å². The molecule has 2 rings (SSSR count). The van der Waals surface area contributed by atoms with E-state index in [1.54, 1.807) is 4.90 Å². The highest BCUT2D eigenvalue weighted by Gasteiger charge is 2.26. The maximum absolute atomic E-state index is 12.9. The van der Waals surface area contributed by atoms with Crippen LogP contribution >= 0.6 is 0 Å². The van der Waals surface area contributed by atoms with Crippen molar-refractivity contribution >= 4 is 11.8 Å². The molecule has 120 valence electrons. The summed E-state index contributed by atoms with van der Waals surface area (Å²) in [5, 5.41) is 0. The van der Waals surface area contributed by atoms with Gasteiger partial charge in [0.15, 0.2) is 0 Å². The van der Waals surface area contributed by atoms with Crippen LogP contribution in [0, 0.1) is 11.7 Å². The van der Waals surface area contributed by atoms with Gasteiger partial charge in [0.05, 0.1) is 0 Å². The third-order valence-electron chi connectivity index (χ3n) is 4.11. The van der Waals surface area contributed by atoms with Gasteiger partial charge in [-0.2, -0.15) is 0 Å². The fourth-order valence-electron chi connectivity index (χ4n) is 2.77. The van der Waals surface area contributed by atoms with Crippen LogP contribution in [-0.4, -0.2) is 47.8 Å². The van der Waals surface area contributed by atoms with E-state index in [2.05, 4.69) is 6.92 Å². The van der Waals surface area contributed by atoms with Crippen LogP contribution in [0.3, 0.4) is 0 Å². The molecule has 0 spiro atoms. The van der Waals surface area contributed by atoms with Crippen molar-refractivity contribution in [1.82, 2.24) is 9.80 Å².